The Hall–Kier alpha value is -0.870. The number of hydrogen-bond acceptors (Lipinski definition) is 3. The van der Waals surface area contributed by atoms with Gasteiger partial charge in [0.05, 0.1) is 5.56 Å². The van der Waals surface area contributed by atoms with Crippen molar-refractivity contribution in [2.75, 3.05) is 6.54 Å². The van der Waals surface area contributed by atoms with Gasteiger partial charge in [0.2, 0.25) is 0 Å². The Morgan fingerprint density at radius 2 is 2.17 bits per heavy atom. The molecule has 4 nitrogen and oxygen atoms in total. The lowest BCUT2D eigenvalue weighted by Gasteiger charge is -2.22. The van der Waals surface area contributed by atoms with Crippen LogP contribution < -0.4 is 0 Å². The van der Waals surface area contributed by atoms with Crippen LogP contribution in [0.2, 0.25) is 10.3 Å². The molecule has 1 aromatic heterocycles. The number of halogens is 2. The van der Waals surface area contributed by atoms with E-state index in [1.165, 1.54) is 6.07 Å². The summed E-state index contributed by atoms with van der Waals surface area (Å²) < 4.78 is 0. The monoisotopic (exact) mass is 287 g/mol. The van der Waals surface area contributed by atoms with Gasteiger partial charge in [0.15, 0.2) is 10.3 Å². The van der Waals surface area contributed by atoms with Gasteiger partial charge in [-0.2, -0.15) is 0 Å². The molecule has 1 saturated carbocycles. The van der Waals surface area contributed by atoms with Crippen molar-refractivity contribution in [3.05, 3.63) is 21.9 Å². The number of rotatable bonds is 5. The number of carbonyl (C=O) groups is 1. The molecule has 98 valence electrons. The standard InChI is InChI=1S/C12H15Cl2N3O/c1-2-3-6-17(8-4-5-8)12(18)9-7-10(13)15-16-11(9)14/h7-8H,2-6H2,1H3. The van der Waals surface area contributed by atoms with Crippen molar-refractivity contribution in [1.29, 1.82) is 0 Å². The Labute approximate surface area is 116 Å². The van der Waals surface area contributed by atoms with Gasteiger partial charge >= 0.3 is 0 Å². The lowest BCUT2D eigenvalue weighted by molar-refractivity contribution is 0.0740. The summed E-state index contributed by atoms with van der Waals surface area (Å²) >= 11 is 11.7. The zero-order valence-corrected chi connectivity index (χ0v) is 11.7. The minimum Gasteiger partial charge on any atom is -0.336 e. The first-order valence-electron chi connectivity index (χ1n) is 6.13. The third-order valence-electron chi connectivity index (χ3n) is 2.95. The first kappa shape index (κ1) is 13.6. The highest BCUT2D eigenvalue weighted by Crippen LogP contribution is 2.30. The van der Waals surface area contributed by atoms with Crippen molar-refractivity contribution < 1.29 is 4.79 Å². The van der Waals surface area contributed by atoms with Crippen molar-refractivity contribution in [3.8, 4) is 0 Å². The molecule has 0 atom stereocenters. The maximum Gasteiger partial charge on any atom is 0.257 e. The van der Waals surface area contributed by atoms with Gasteiger partial charge < -0.3 is 4.90 Å². The molecule has 0 aliphatic heterocycles. The van der Waals surface area contributed by atoms with Crippen LogP contribution in [0.1, 0.15) is 43.0 Å². The summed E-state index contributed by atoms with van der Waals surface area (Å²) in [6, 6.07) is 1.84. The largest absolute Gasteiger partial charge is 0.336 e. The molecular formula is C12H15Cl2N3O. The number of carbonyl (C=O) groups excluding carboxylic acids is 1. The molecule has 0 N–H and O–H groups in total. The summed E-state index contributed by atoms with van der Waals surface area (Å²) in [7, 11) is 0. The van der Waals surface area contributed by atoms with Crippen LogP contribution in [0.4, 0.5) is 0 Å². The van der Waals surface area contributed by atoms with E-state index in [2.05, 4.69) is 17.1 Å². The maximum absolute atomic E-state index is 12.4. The van der Waals surface area contributed by atoms with Gasteiger partial charge in [-0.3, -0.25) is 4.79 Å². The highest BCUT2D eigenvalue weighted by molar-refractivity contribution is 6.34. The van der Waals surface area contributed by atoms with Crippen molar-refractivity contribution in [3.63, 3.8) is 0 Å². The molecular weight excluding hydrogens is 273 g/mol. The molecule has 0 spiro atoms. The Morgan fingerprint density at radius 3 is 2.78 bits per heavy atom. The molecule has 1 aromatic rings. The highest BCUT2D eigenvalue weighted by atomic mass is 35.5. The molecule has 2 rings (SSSR count). The fourth-order valence-corrected chi connectivity index (χ4v) is 2.14. The predicted octanol–water partition coefficient (Wildman–Crippen LogP) is 3.19. The zero-order valence-electron chi connectivity index (χ0n) is 10.2. The molecule has 1 heterocycles. The van der Waals surface area contributed by atoms with Gasteiger partial charge in [-0.05, 0) is 25.3 Å². The van der Waals surface area contributed by atoms with Crippen molar-refractivity contribution in [2.24, 2.45) is 0 Å². The Bertz CT molecular complexity index is 449. The number of amides is 1. The van der Waals surface area contributed by atoms with Gasteiger partial charge in [0.25, 0.3) is 5.91 Å². The third-order valence-corrected chi connectivity index (χ3v) is 3.41. The molecule has 1 amide bonds. The van der Waals surface area contributed by atoms with Gasteiger partial charge in [0.1, 0.15) is 0 Å². The number of hydrogen-bond donors (Lipinski definition) is 0. The summed E-state index contributed by atoms with van der Waals surface area (Å²) in [4.78, 5) is 14.3. The fourth-order valence-electron chi connectivity index (χ4n) is 1.82. The topological polar surface area (TPSA) is 46.1 Å². The van der Waals surface area contributed by atoms with E-state index in [0.717, 1.165) is 32.2 Å². The molecule has 1 fully saturated rings. The van der Waals surface area contributed by atoms with Crippen LogP contribution in [0.5, 0.6) is 0 Å². The Balaban J connectivity index is 2.19. The van der Waals surface area contributed by atoms with Crippen molar-refractivity contribution in [1.82, 2.24) is 15.1 Å². The van der Waals surface area contributed by atoms with Gasteiger partial charge in [-0.15, -0.1) is 10.2 Å². The summed E-state index contributed by atoms with van der Waals surface area (Å²) in [6.07, 6.45) is 4.18. The smallest absolute Gasteiger partial charge is 0.257 e. The number of aromatic nitrogens is 2. The molecule has 18 heavy (non-hydrogen) atoms. The van der Waals surface area contributed by atoms with E-state index in [1.807, 2.05) is 4.90 Å². The lowest BCUT2D eigenvalue weighted by atomic mass is 10.2. The zero-order chi connectivity index (χ0) is 13.1. The quantitative estimate of drug-likeness (QED) is 0.836. The van der Waals surface area contributed by atoms with E-state index in [-0.39, 0.29) is 16.2 Å². The number of nitrogens with zero attached hydrogens (tertiary/aromatic N) is 3. The van der Waals surface area contributed by atoms with Gasteiger partial charge in [0, 0.05) is 12.6 Å². The summed E-state index contributed by atoms with van der Waals surface area (Å²) in [5, 5.41) is 7.60. The minimum atomic E-state index is -0.0900. The van der Waals surface area contributed by atoms with E-state index in [1.54, 1.807) is 0 Å². The summed E-state index contributed by atoms with van der Waals surface area (Å²) in [5.74, 6) is -0.0900. The Kier molecular flexibility index (Phi) is 4.40. The summed E-state index contributed by atoms with van der Waals surface area (Å²) in [5.41, 5.74) is 0.347. The maximum atomic E-state index is 12.4. The predicted molar refractivity (Wildman–Crippen MR) is 71.0 cm³/mol. The van der Waals surface area contributed by atoms with E-state index in [4.69, 9.17) is 23.2 Å². The van der Waals surface area contributed by atoms with Crippen molar-refractivity contribution >= 4 is 29.1 Å². The van der Waals surface area contributed by atoms with Crippen LogP contribution in [-0.4, -0.2) is 33.6 Å². The number of unbranched alkanes of at least 4 members (excludes halogenated alkanes) is 1. The molecule has 0 unspecified atom stereocenters. The molecule has 0 saturated heterocycles. The molecule has 0 aromatic carbocycles. The van der Waals surface area contributed by atoms with Crippen LogP contribution >= 0.6 is 23.2 Å². The molecule has 1 aliphatic rings. The van der Waals surface area contributed by atoms with E-state index < -0.39 is 0 Å². The molecule has 1 aliphatic carbocycles. The lowest BCUT2D eigenvalue weighted by Crippen LogP contribution is -2.34. The molecule has 0 bridgehead atoms. The minimum absolute atomic E-state index is 0.0900. The van der Waals surface area contributed by atoms with E-state index >= 15 is 0 Å². The van der Waals surface area contributed by atoms with Crippen LogP contribution in [0.3, 0.4) is 0 Å². The summed E-state index contributed by atoms with van der Waals surface area (Å²) in [6.45, 7) is 2.86. The Morgan fingerprint density at radius 1 is 1.44 bits per heavy atom. The second-order valence-electron chi connectivity index (χ2n) is 4.45. The normalized spacial score (nSPS) is 14.6. The van der Waals surface area contributed by atoms with Crippen LogP contribution in [0.25, 0.3) is 0 Å². The van der Waals surface area contributed by atoms with Gasteiger partial charge in [-0.1, -0.05) is 36.5 Å². The first-order chi connectivity index (χ1) is 8.63. The third kappa shape index (κ3) is 3.12. The second-order valence-corrected chi connectivity index (χ2v) is 5.20. The second kappa shape index (κ2) is 5.85. The SMILES string of the molecule is CCCCN(C(=O)c1cc(Cl)nnc1Cl)C1CC1. The van der Waals surface area contributed by atoms with Crippen LogP contribution in [-0.2, 0) is 0 Å². The van der Waals surface area contributed by atoms with Crippen molar-refractivity contribution in [2.45, 2.75) is 38.6 Å². The average Bonchev–Trinajstić information content (AvgIpc) is 3.17. The van der Waals surface area contributed by atoms with Gasteiger partial charge in [-0.25, -0.2) is 0 Å². The first-order valence-corrected chi connectivity index (χ1v) is 6.88. The fraction of sp³-hybridized carbons (Fsp3) is 0.583. The molecule has 0 radical (unpaired) electrons. The molecule has 6 heteroatoms. The average molecular weight is 288 g/mol. The van der Waals surface area contributed by atoms with Crippen LogP contribution in [0, 0.1) is 0 Å². The highest BCUT2D eigenvalue weighted by Gasteiger charge is 2.33. The van der Waals surface area contributed by atoms with E-state index in [0.29, 0.717) is 11.6 Å². The van der Waals surface area contributed by atoms with Crippen LogP contribution in [0.15, 0.2) is 6.07 Å². The van der Waals surface area contributed by atoms with E-state index in [9.17, 15) is 4.79 Å².